The monoisotopic (exact) mass is 375 g/mol. The van der Waals surface area contributed by atoms with Gasteiger partial charge in [-0.2, -0.15) is 0 Å². The lowest BCUT2D eigenvalue weighted by Crippen LogP contribution is -2.51. The molecule has 28 heavy (non-hydrogen) atoms. The van der Waals surface area contributed by atoms with Crippen molar-refractivity contribution in [3.8, 4) is 0 Å². The van der Waals surface area contributed by atoms with Gasteiger partial charge in [-0.3, -0.25) is 4.79 Å². The first kappa shape index (κ1) is 18.0. The maximum atomic E-state index is 12.7. The van der Waals surface area contributed by atoms with Crippen molar-refractivity contribution >= 4 is 11.9 Å². The predicted octanol–water partition coefficient (Wildman–Crippen LogP) is 2.72. The van der Waals surface area contributed by atoms with Crippen LogP contribution in [0, 0.1) is 0 Å². The lowest BCUT2D eigenvalue weighted by Gasteiger charge is -2.33. The molecule has 0 saturated heterocycles. The van der Waals surface area contributed by atoms with Gasteiger partial charge in [-0.05, 0) is 29.7 Å². The van der Waals surface area contributed by atoms with Crippen LogP contribution in [0.5, 0.6) is 0 Å². The van der Waals surface area contributed by atoms with Crippen LogP contribution >= 0.6 is 0 Å². The molecule has 1 unspecified atom stereocenters. The van der Waals surface area contributed by atoms with Gasteiger partial charge in [0, 0.05) is 31.9 Å². The molecule has 1 aliphatic rings. The number of rotatable bonds is 5. The van der Waals surface area contributed by atoms with Gasteiger partial charge in [0.05, 0.1) is 11.9 Å². The number of amides is 1. The Labute approximate surface area is 163 Å². The highest BCUT2D eigenvalue weighted by molar-refractivity contribution is 5.97. The molecule has 2 aromatic carbocycles. The summed E-state index contributed by atoms with van der Waals surface area (Å²) in [4.78, 5) is 29.0. The molecule has 142 valence electrons. The molecule has 1 atom stereocenters. The zero-order valence-corrected chi connectivity index (χ0v) is 15.6. The molecular weight excluding hydrogens is 354 g/mol. The van der Waals surface area contributed by atoms with Gasteiger partial charge < -0.3 is 14.6 Å². The van der Waals surface area contributed by atoms with Crippen molar-refractivity contribution in [2.75, 3.05) is 0 Å². The topological polar surface area (TPSA) is 73.2 Å². The molecule has 0 saturated carbocycles. The van der Waals surface area contributed by atoms with E-state index in [1.54, 1.807) is 31.6 Å². The molecule has 6 heteroatoms. The zero-order chi connectivity index (χ0) is 19.6. The van der Waals surface area contributed by atoms with Gasteiger partial charge in [0.15, 0.2) is 5.60 Å². The van der Waals surface area contributed by atoms with Gasteiger partial charge in [0.1, 0.15) is 0 Å². The molecule has 1 amide bonds. The number of fused-ring (bicyclic) bond motifs is 1. The summed E-state index contributed by atoms with van der Waals surface area (Å²) < 4.78 is 7.46. The number of hydrogen-bond acceptors (Lipinski definition) is 4. The molecule has 3 aromatic rings. The molecule has 0 radical (unpaired) electrons. The summed E-state index contributed by atoms with van der Waals surface area (Å²) in [5.74, 6) is -0.749. The Hall–Kier alpha value is -3.41. The van der Waals surface area contributed by atoms with Crippen molar-refractivity contribution in [2.45, 2.75) is 32.0 Å². The minimum absolute atomic E-state index is 0.294. The van der Waals surface area contributed by atoms with E-state index in [1.807, 2.05) is 47.2 Å². The zero-order valence-electron chi connectivity index (χ0n) is 15.6. The summed E-state index contributed by atoms with van der Waals surface area (Å²) in [5.41, 5.74) is 2.29. The minimum atomic E-state index is -1.20. The van der Waals surface area contributed by atoms with Crippen LogP contribution in [-0.4, -0.2) is 27.0 Å². The number of hydrogen-bond donors (Lipinski definition) is 1. The fourth-order valence-corrected chi connectivity index (χ4v) is 3.38. The van der Waals surface area contributed by atoms with Crippen LogP contribution in [0.15, 0.2) is 67.3 Å². The first-order valence-corrected chi connectivity index (χ1v) is 9.17. The largest absolute Gasteiger partial charge is 0.445 e. The number of nitrogens with one attached hydrogen (secondary N) is 1. The summed E-state index contributed by atoms with van der Waals surface area (Å²) in [6.07, 6.45) is 5.81. The third-order valence-corrected chi connectivity index (χ3v) is 4.96. The second kappa shape index (κ2) is 7.31. The number of imidazole rings is 1. The summed E-state index contributed by atoms with van der Waals surface area (Å²) in [6.45, 7) is 2.78. The molecule has 6 nitrogen and oxygen atoms in total. The van der Waals surface area contributed by atoms with Crippen molar-refractivity contribution in [3.63, 3.8) is 0 Å². The molecule has 4 rings (SSSR count). The van der Waals surface area contributed by atoms with E-state index in [1.165, 1.54) is 0 Å². The Kier molecular flexibility index (Phi) is 4.69. The van der Waals surface area contributed by atoms with Crippen LogP contribution in [-0.2, 0) is 29.0 Å². The third-order valence-electron chi connectivity index (χ3n) is 4.96. The highest BCUT2D eigenvalue weighted by Crippen LogP contribution is 2.28. The highest BCUT2D eigenvalue weighted by atomic mass is 16.6. The van der Waals surface area contributed by atoms with Crippen molar-refractivity contribution in [3.05, 3.63) is 89.5 Å². The van der Waals surface area contributed by atoms with E-state index in [0.29, 0.717) is 18.5 Å². The SMILES string of the molecule is CC1(C(=O)NCc2ccc(Cn3ccnc3)cc2)Cc2ccccc2C(=O)O1. The smallest absolute Gasteiger partial charge is 0.339 e. The molecule has 2 heterocycles. The van der Waals surface area contributed by atoms with E-state index in [2.05, 4.69) is 10.3 Å². The normalized spacial score (nSPS) is 18.2. The number of benzene rings is 2. The number of carbonyl (C=O) groups excluding carboxylic acids is 2. The maximum absolute atomic E-state index is 12.7. The third kappa shape index (κ3) is 3.67. The number of cyclic esters (lactones) is 1. The van der Waals surface area contributed by atoms with E-state index < -0.39 is 11.6 Å². The van der Waals surface area contributed by atoms with E-state index in [0.717, 1.165) is 23.2 Å². The van der Waals surface area contributed by atoms with E-state index in [-0.39, 0.29) is 5.91 Å². The predicted molar refractivity (Wildman–Crippen MR) is 104 cm³/mol. The van der Waals surface area contributed by atoms with Gasteiger partial charge in [-0.25, -0.2) is 9.78 Å². The summed E-state index contributed by atoms with van der Waals surface area (Å²) in [6, 6.07) is 15.3. The fraction of sp³-hybridized carbons (Fsp3) is 0.227. The standard InChI is InChI=1S/C22H21N3O3/c1-22(12-18-4-2-3-5-19(18)20(26)28-22)21(27)24-13-16-6-8-17(9-7-16)14-25-11-10-23-15-25/h2-11,15H,12-14H2,1H3,(H,24,27). The van der Waals surface area contributed by atoms with Crippen LogP contribution in [0.25, 0.3) is 0 Å². The first-order chi connectivity index (χ1) is 13.5. The van der Waals surface area contributed by atoms with Gasteiger partial charge in [-0.15, -0.1) is 0 Å². The van der Waals surface area contributed by atoms with Crippen molar-refractivity contribution in [1.29, 1.82) is 0 Å². The van der Waals surface area contributed by atoms with Crippen LogP contribution in [0.3, 0.4) is 0 Å². The lowest BCUT2D eigenvalue weighted by molar-refractivity contribution is -0.139. The van der Waals surface area contributed by atoms with E-state index >= 15 is 0 Å². The van der Waals surface area contributed by atoms with Gasteiger partial charge in [-0.1, -0.05) is 42.5 Å². The quantitative estimate of drug-likeness (QED) is 0.696. The summed E-state index contributed by atoms with van der Waals surface area (Å²) in [5, 5.41) is 2.89. The van der Waals surface area contributed by atoms with E-state index in [4.69, 9.17) is 4.74 Å². The average molecular weight is 375 g/mol. The minimum Gasteiger partial charge on any atom is -0.445 e. The summed E-state index contributed by atoms with van der Waals surface area (Å²) in [7, 11) is 0. The number of ether oxygens (including phenoxy) is 1. The molecule has 1 N–H and O–H groups in total. The van der Waals surface area contributed by atoms with Crippen LogP contribution in [0.1, 0.15) is 34.0 Å². The highest BCUT2D eigenvalue weighted by Gasteiger charge is 2.42. The van der Waals surface area contributed by atoms with Crippen molar-refractivity contribution in [2.24, 2.45) is 0 Å². The Balaban J connectivity index is 1.38. The van der Waals surface area contributed by atoms with E-state index in [9.17, 15) is 9.59 Å². The van der Waals surface area contributed by atoms with Crippen LogP contribution in [0.2, 0.25) is 0 Å². The summed E-state index contributed by atoms with van der Waals surface area (Å²) >= 11 is 0. The van der Waals surface area contributed by atoms with Crippen molar-refractivity contribution in [1.82, 2.24) is 14.9 Å². The van der Waals surface area contributed by atoms with Gasteiger partial charge >= 0.3 is 5.97 Å². The Morgan fingerprint density at radius 3 is 2.68 bits per heavy atom. The first-order valence-electron chi connectivity index (χ1n) is 9.17. The van der Waals surface area contributed by atoms with Crippen LogP contribution in [0.4, 0.5) is 0 Å². The lowest BCUT2D eigenvalue weighted by atomic mass is 9.89. The number of carbonyl (C=O) groups is 2. The second-order valence-corrected chi connectivity index (χ2v) is 7.19. The van der Waals surface area contributed by atoms with Crippen molar-refractivity contribution < 1.29 is 14.3 Å². The molecular formula is C22H21N3O3. The second-order valence-electron chi connectivity index (χ2n) is 7.19. The molecule has 1 aliphatic heterocycles. The molecule has 1 aromatic heterocycles. The Morgan fingerprint density at radius 1 is 1.18 bits per heavy atom. The van der Waals surface area contributed by atoms with Gasteiger partial charge in [0.2, 0.25) is 0 Å². The molecule has 0 aliphatic carbocycles. The number of nitrogens with zero attached hydrogens (tertiary/aromatic N) is 2. The Morgan fingerprint density at radius 2 is 1.93 bits per heavy atom. The maximum Gasteiger partial charge on any atom is 0.339 e. The fourth-order valence-electron chi connectivity index (χ4n) is 3.38. The number of esters is 1. The van der Waals surface area contributed by atoms with Gasteiger partial charge in [0.25, 0.3) is 5.91 Å². The van der Waals surface area contributed by atoms with Crippen LogP contribution < -0.4 is 5.32 Å². The molecule has 0 spiro atoms. The molecule has 0 fully saturated rings. The molecule has 0 bridgehead atoms. The number of aromatic nitrogens is 2. The Bertz CT molecular complexity index is 996. The average Bonchev–Trinajstić information content (AvgIpc) is 3.20.